The maximum atomic E-state index is 10.2. The van der Waals surface area contributed by atoms with Crippen LogP contribution in [0.15, 0.2) is 91.3 Å². The summed E-state index contributed by atoms with van der Waals surface area (Å²) in [4.78, 5) is 34.3. The third kappa shape index (κ3) is 3.97. The molecule has 4 nitrogen and oxygen atoms in total. The predicted octanol–water partition coefficient (Wildman–Crippen LogP) is 1.99. The summed E-state index contributed by atoms with van der Waals surface area (Å²) < 4.78 is 0. The molecule has 0 spiro atoms. The molecule has 0 aliphatic heterocycles. The van der Waals surface area contributed by atoms with Gasteiger partial charge in [0.05, 0.1) is 0 Å². The molecule has 0 bridgehead atoms. The summed E-state index contributed by atoms with van der Waals surface area (Å²) in [6, 6.07) is 21.9. The molecule has 3 N–H and O–H groups in total. The molecule has 1 heterocycles. The second-order valence-corrected chi connectivity index (χ2v) is 7.67. The monoisotopic (exact) mass is 315 g/mol. The van der Waals surface area contributed by atoms with Crippen LogP contribution in [0.2, 0.25) is 0 Å². The van der Waals surface area contributed by atoms with Crippen molar-refractivity contribution in [3.8, 4) is 0 Å². The summed E-state index contributed by atoms with van der Waals surface area (Å²) in [5.74, 6) is 0. The van der Waals surface area contributed by atoms with Gasteiger partial charge in [-0.3, -0.25) is 4.98 Å². The van der Waals surface area contributed by atoms with E-state index in [1.54, 1.807) is 48.8 Å². The van der Waals surface area contributed by atoms with Gasteiger partial charge >= 0.3 is 93.2 Å². The van der Waals surface area contributed by atoms with Gasteiger partial charge in [0.15, 0.2) is 0 Å². The zero-order chi connectivity index (χ0) is 15.9. The van der Waals surface area contributed by atoms with Gasteiger partial charge in [0.2, 0.25) is 0 Å². The number of aromatic nitrogens is 1. The van der Waals surface area contributed by atoms with Gasteiger partial charge in [0.1, 0.15) is 0 Å². The molecule has 0 saturated carbocycles. The fourth-order valence-corrected chi connectivity index (χ4v) is 3.61. The predicted molar refractivity (Wildman–Crippen MR) is 90.0 cm³/mol. The Morgan fingerprint density at radius 3 is 1.18 bits per heavy atom. The molecule has 3 rings (SSSR count). The Morgan fingerprint density at radius 1 is 0.545 bits per heavy atom. The summed E-state index contributed by atoms with van der Waals surface area (Å²) in [7, 11) is -4.93. The minimum Gasteiger partial charge on any atom is -0.265 e. The molecular formula is C17H18NO3P. The number of hydrogen-bond donors (Lipinski definition) is 3. The average molecular weight is 315 g/mol. The van der Waals surface area contributed by atoms with E-state index in [1.165, 1.54) is 24.3 Å². The van der Waals surface area contributed by atoms with Crippen LogP contribution < -0.4 is 10.6 Å². The van der Waals surface area contributed by atoms with Crippen LogP contribution in [0.25, 0.3) is 0 Å². The fraction of sp³-hybridized carbons (Fsp3) is 0. The van der Waals surface area contributed by atoms with Crippen molar-refractivity contribution >= 4 is 17.9 Å². The Labute approximate surface area is 129 Å². The van der Waals surface area contributed by atoms with Gasteiger partial charge in [-0.2, -0.15) is 0 Å². The van der Waals surface area contributed by atoms with E-state index in [-0.39, 0.29) is 10.6 Å². The van der Waals surface area contributed by atoms with Gasteiger partial charge in [-0.25, -0.2) is 0 Å². The first kappa shape index (κ1) is 16.3. The van der Waals surface area contributed by atoms with E-state index in [0.717, 1.165) is 0 Å². The van der Waals surface area contributed by atoms with E-state index >= 15 is 0 Å². The third-order valence-electron chi connectivity index (χ3n) is 3.03. The molecule has 0 atom stereocenters. The SMILES string of the molecule is OP(O)(O)(c1ccccc1)c1ccccc1.c1ccncc1. The van der Waals surface area contributed by atoms with Crippen LogP contribution in [0, 0.1) is 0 Å². The Balaban J connectivity index is 0.000000246. The summed E-state index contributed by atoms with van der Waals surface area (Å²) in [6.07, 6.45) is 3.50. The first-order chi connectivity index (χ1) is 10.5. The molecule has 0 fully saturated rings. The minimum atomic E-state index is -4.93. The normalized spacial score (nSPS) is 12.4. The van der Waals surface area contributed by atoms with Crippen LogP contribution in [-0.4, -0.2) is 19.7 Å². The second kappa shape index (κ2) is 6.77. The van der Waals surface area contributed by atoms with E-state index in [1.807, 2.05) is 18.2 Å². The average Bonchev–Trinajstić information content (AvgIpc) is 2.58. The summed E-state index contributed by atoms with van der Waals surface area (Å²) >= 11 is 0. The first-order valence-electron chi connectivity index (χ1n) is 6.72. The van der Waals surface area contributed by atoms with Crippen molar-refractivity contribution in [1.29, 1.82) is 0 Å². The largest absolute Gasteiger partial charge is 0.265 e. The molecule has 2 aromatic carbocycles. The number of rotatable bonds is 2. The van der Waals surface area contributed by atoms with Gasteiger partial charge < -0.3 is 0 Å². The van der Waals surface area contributed by atoms with Crippen LogP contribution in [0.3, 0.4) is 0 Å². The van der Waals surface area contributed by atoms with Crippen LogP contribution in [0.5, 0.6) is 0 Å². The zero-order valence-corrected chi connectivity index (χ0v) is 12.8. The van der Waals surface area contributed by atoms with Crippen LogP contribution in [-0.2, 0) is 0 Å². The quantitative estimate of drug-likeness (QED) is 0.632. The second-order valence-electron chi connectivity index (χ2n) is 4.68. The molecule has 114 valence electrons. The Bertz CT molecular complexity index is 612. The van der Waals surface area contributed by atoms with Gasteiger partial charge in [-0.1, -0.05) is 6.07 Å². The molecule has 0 unspecified atom stereocenters. The molecule has 1 aromatic heterocycles. The number of hydrogen-bond acceptors (Lipinski definition) is 4. The Kier molecular flexibility index (Phi) is 5.01. The summed E-state index contributed by atoms with van der Waals surface area (Å²) in [5, 5.41) is 0.277. The molecule has 0 radical (unpaired) electrons. The molecule has 3 aromatic rings. The van der Waals surface area contributed by atoms with Gasteiger partial charge in [-0.15, -0.1) is 0 Å². The molecule has 0 saturated heterocycles. The minimum absolute atomic E-state index is 0.139. The van der Waals surface area contributed by atoms with Crippen LogP contribution in [0.1, 0.15) is 0 Å². The molecule has 0 amide bonds. The van der Waals surface area contributed by atoms with E-state index in [4.69, 9.17) is 0 Å². The van der Waals surface area contributed by atoms with E-state index in [9.17, 15) is 14.7 Å². The van der Waals surface area contributed by atoms with Crippen molar-refractivity contribution in [1.82, 2.24) is 4.98 Å². The molecule has 22 heavy (non-hydrogen) atoms. The molecular weight excluding hydrogens is 297 g/mol. The standard InChI is InChI=1S/C12H13O3P.C5H5N/c13-16(14,15,11-7-3-1-4-8-11)12-9-5-2-6-10-12;1-2-4-6-5-3-1/h1-10,13-15H;1-5H. The number of pyridine rings is 1. The molecule has 5 heteroatoms. The fourth-order valence-electron chi connectivity index (χ4n) is 1.87. The van der Waals surface area contributed by atoms with Crippen molar-refractivity contribution in [2.75, 3.05) is 0 Å². The van der Waals surface area contributed by atoms with Crippen molar-refractivity contribution < 1.29 is 14.7 Å². The smallest absolute Gasteiger partial charge is 0.0267 e. The maximum Gasteiger partial charge on any atom is 0.0267 e. The van der Waals surface area contributed by atoms with Crippen molar-refractivity contribution in [2.45, 2.75) is 0 Å². The van der Waals surface area contributed by atoms with Gasteiger partial charge in [0, 0.05) is 12.4 Å². The number of nitrogens with zero attached hydrogens (tertiary/aromatic N) is 1. The van der Waals surface area contributed by atoms with E-state index in [0.29, 0.717) is 0 Å². The first-order valence-corrected chi connectivity index (χ1v) is 8.81. The zero-order valence-electron chi connectivity index (χ0n) is 11.9. The van der Waals surface area contributed by atoms with Gasteiger partial charge in [0.25, 0.3) is 0 Å². The molecule has 0 aliphatic carbocycles. The number of benzene rings is 2. The summed E-state index contributed by atoms with van der Waals surface area (Å²) in [5.41, 5.74) is 0. The van der Waals surface area contributed by atoms with Crippen LogP contribution >= 0.6 is 7.28 Å². The van der Waals surface area contributed by atoms with Gasteiger partial charge in [-0.05, 0) is 12.1 Å². The summed E-state index contributed by atoms with van der Waals surface area (Å²) in [6.45, 7) is 0. The Morgan fingerprint density at radius 2 is 0.909 bits per heavy atom. The van der Waals surface area contributed by atoms with E-state index in [2.05, 4.69) is 4.98 Å². The van der Waals surface area contributed by atoms with E-state index < -0.39 is 7.28 Å². The third-order valence-corrected chi connectivity index (χ3v) is 5.53. The topological polar surface area (TPSA) is 73.6 Å². The Hall–Kier alpha value is -2.10. The van der Waals surface area contributed by atoms with Crippen LogP contribution in [0.4, 0.5) is 0 Å². The van der Waals surface area contributed by atoms with Crippen molar-refractivity contribution in [3.63, 3.8) is 0 Å². The van der Waals surface area contributed by atoms with Crippen molar-refractivity contribution in [3.05, 3.63) is 91.3 Å². The maximum absolute atomic E-state index is 10.2. The van der Waals surface area contributed by atoms with Crippen molar-refractivity contribution in [2.24, 2.45) is 0 Å². The molecule has 0 aliphatic rings.